The van der Waals surface area contributed by atoms with E-state index in [9.17, 15) is 19.8 Å². The maximum absolute atomic E-state index is 11.6. The lowest BCUT2D eigenvalue weighted by Crippen LogP contribution is -2.10. The normalized spacial score (nSPS) is 17.3. The van der Waals surface area contributed by atoms with Gasteiger partial charge in [0, 0.05) is 34.2 Å². The van der Waals surface area contributed by atoms with E-state index in [1.54, 1.807) is 0 Å². The largest absolute Gasteiger partial charge is 0.481 e. The first kappa shape index (κ1) is 29.0. The van der Waals surface area contributed by atoms with Crippen LogP contribution >= 0.6 is 0 Å². The van der Waals surface area contributed by atoms with Crippen molar-refractivity contribution in [2.24, 2.45) is 0 Å². The van der Waals surface area contributed by atoms with Gasteiger partial charge in [-0.3, -0.25) is 9.59 Å². The van der Waals surface area contributed by atoms with Gasteiger partial charge in [0.15, 0.2) is 0 Å². The number of nitrogens with one attached hydrogen (secondary N) is 4. The van der Waals surface area contributed by atoms with Crippen LogP contribution in [0.15, 0.2) is 0 Å². The number of carboxylic acid groups (broad SMARTS) is 2. The molecule has 4 aromatic rings. The van der Waals surface area contributed by atoms with Crippen molar-refractivity contribution in [2.45, 2.75) is 80.1 Å². The van der Waals surface area contributed by atoms with Crippen molar-refractivity contribution < 1.29 is 19.8 Å². The van der Waals surface area contributed by atoms with Gasteiger partial charge >= 0.3 is 11.9 Å². The Bertz CT molecular complexity index is 2020. The lowest BCUT2D eigenvalue weighted by Gasteiger charge is -2.00. The summed E-state index contributed by atoms with van der Waals surface area (Å²) in [4.78, 5) is 37.7. The number of aromatic amines is 4. The van der Waals surface area contributed by atoms with Crippen LogP contribution in [0.4, 0.5) is 0 Å². The van der Waals surface area contributed by atoms with Gasteiger partial charge in [-0.05, 0) is 122 Å². The van der Waals surface area contributed by atoms with E-state index in [0.717, 1.165) is 77.9 Å². The van der Waals surface area contributed by atoms with Crippen LogP contribution in [0, 0.1) is 49.1 Å². The minimum absolute atomic E-state index is 0.000987. The molecule has 4 aromatic heterocycles. The number of carbonyl (C=O) groups is 2. The molecule has 0 atom stereocenters. The fourth-order valence-corrected chi connectivity index (χ4v) is 6.50. The first-order valence-electron chi connectivity index (χ1n) is 14.7. The molecule has 0 saturated carbocycles. The zero-order valence-corrected chi connectivity index (χ0v) is 25.3. The first-order chi connectivity index (χ1) is 20.0. The van der Waals surface area contributed by atoms with E-state index in [1.165, 1.54) is 22.3 Å². The molecule has 0 amide bonds. The van der Waals surface area contributed by atoms with E-state index in [1.807, 2.05) is 13.8 Å². The molecule has 0 aliphatic carbocycles. The van der Waals surface area contributed by atoms with Crippen LogP contribution < -0.4 is 21.4 Å². The molecule has 8 heteroatoms. The second-order valence-electron chi connectivity index (χ2n) is 11.2. The average molecular weight is 569 g/mol. The second kappa shape index (κ2) is 11.4. The Balaban J connectivity index is 2.03. The molecule has 6 N–H and O–H groups in total. The molecular weight excluding hydrogens is 528 g/mol. The molecule has 42 heavy (non-hydrogen) atoms. The van der Waals surface area contributed by atoms with Crippen LogP contribution in [0.2, 0.25) is 0 Å². The molecule has 0 fully saturated rings. The lowest BCUT2D eigenvalue weighted by molar-refractivity contribution is -0.138. The summed E-state index contributed by atoms with van der Waals surface area (Å²) in [6.07, 6.45) is 10.8. The molecule has 1 aliphatic rings. The molecule has 8 bridgehead atoms. The van der Waals surface area contributed by atoms with Crippen LogP contribution in [0.25, 0.3) is 24.3 Å². The highest BCUT2D eigenvalue weighted by atomic mass is 16.4. The molecular formula is C34H40N4O4. The summed E-state index contributed by atoms with van der Waals surface area (Å²) in [5, 5.41) is 26.7. The fourth-order valence-electron chi connectivity index (χ4n) is 6.50. The molecule has 0 unspecified atom stereocenters. The van der Waals surface area contributed by atoms with Gasteiger partial charge in [-0.1, -0.05) is 13.8 Å². The predicted octanol–water partition coefficient (Wildman–Crippen LogP) is 2.80. The maximum atomic E-state index is 11.6. The predicted molar refractivity (Wildman–Crippen MR) is 164 cm³/mol. The smallest absolute Gasteiger partial charge is 0.303 e. The van der Waals surface area contributed by atoms with Crippen molar-refractivity contribution >= 4 is 36.2 Å². The van der Waals surface area contributed by atoms with Gasteiger partial charge < -0.3 is 30.1 Å². The quantitative estimate of drug-likeness (QED) is 0.195. The number of aromatic nitrogens is 4. The van der Waals surface area contributed by atoms with Crippen LogP contribution in [0.3, 0.4) is 0 Å². The van der Waals surface area contributed by atoms with E-state index < -0.39 is 11.9 Å². The topological polar surface area (TPSA) is 138 Å². The Morgan fingerprint density at radius 1 is 0.524 bits per heavy atom. The van der Waals surface area contributed by atoms with Crippen molar-refractivity contribution in [2.75, 3.05) is 0 Å². The van der Waals surface area contributed by atoms with Gasteiger partial charge in [0.2, 0.25) is 0 Å². The van der Waals surface area contributed by atoms with Crippen LogP contribution in [-0.4, -0.2) is 42.1 Å². The Morgan fingerprint density at radius 3 is 1.19 bits per heavy atom. The Morgan fingerprint density at radius 2 is 0.857 bits per heavy atom. The van der Waals surface area contributed by atoms with Crippen LogP contribution in [-0.2, 0) is 35.3 Å². The van der Waals surface area contributed by atoms with Crippen molar-refractivity contribution in [3.05, 3.63) is 87.3 Å². The van der Waals surface area contributed by atoms with E-state index in [2.05, 4.69) is 71.9 Å². The highest BCUT2D eigenvalue weighted by Crippen LogP contribution is 2.15. The van der Waals surface area contributed by atoms with Gasteiger partial charge in [0.05, 0.1) is 21.4 Å². The third kappa shape index (κ3) is 5.06. The zero-order chi connectivity index (χ0) is 30.3. The summed E-state index contributed by atoms with van der Waals surface area (Å²) in [7, 11) is 0. The summed E-state index contributed by atoms with van der Waals surface area (Å²) in [5.41, 5.74) is 8.77. The SMILES string of the molecule is CCc1c(C)/c2[nH]/c1=C\C=c1/[nH]/c(c(CCC(=O)O)c1C)=c1\[nH]/c(c(C)c1CCC(=O)O)=C\C=c1/[nH]\c=2c(C)c1CC. The summed E-state index contributed by atoms with van der Waals surface area (Å²) in [5.74, 6) is -1.72. The van der Waals surface area contributed by atoms with Gasteiger partial charge in [-0.25, -0.2) is 0 Å². The Labute approximate surface area is 243 Å². The third-order valence-electron chi connectivity index (χ3n) is 8.88. The molecule has 5 heterocycles. The Kier molecular flexibility index (Phi) is 7.91. The monoisotopic (exact) mass is 568 g/mol. The lowest BCUT2D eigenvalue weighted by atomic mass is 10.0. The summed E-state index contributed by atoms with van der Waals surface area (Å²) in [6.45, 7) is 12.7. The number of H-pyrrole nitrogens is 4. The van der Waals surface area contributed by atoms with E-state index >= 15 is 0 Å². The number of carboxylic acids is 2. The average Bonchev–Trinajstić information content (AvgIpc) is 3.63. The molecule has 5 rings (SSSR count). The molecule has 1 aliphatic heterocycles. The van der Waals surface area contributed by atoms with Gasteiger partial charge in [-0.15, -0.1) is 0 Å². The van der Waals surface area contributed by atoms with E-state index in [0.29, 0.717) is 12.8 Å². The number of rotatable bonds is 8. The molecule has 0 aromatic carbocycles. The number of hydrogen-bond donors (Lipinski definition) is 6. The van der Waals surface area contributed by atoms with Crippen molar-refractivity contribution in [3.8, 4) is 0 Å². The molecule has 0 radical (unpaired) electrons. The molecule has 0 saturated heterocycles. The summed E-state index contributed by atoms with van der Waals surface area (Å²) < 4.78 is 0. The minimum atomic E-state index is -0.858. The van der Waals surface area contributed by atoms with Crippen molar-refractivity contribution in [1.29, 1.82) is 0 Å². The second-order valence-corrected chi connectivity index (χ2v) is 11.2. The third-order valence-corrected chi connectivity index (χ3v) is 8.88. The number of aliphatic carboxylic acids is 2. The molecule has 220 valence electrons. The molecule has 8 nitrogen and oxygen atoms in total. The molecule has 0 spiro atoms. The summed E-state index contributed by atoms with van der Waals surface area (Å²) in [6, 6.07) is 0. The van der Waals surface area contributed by atoms with Gasteiger partial charge in [-0.2, -0.15) is 0 Å². The highest BCUT2D eigenvalue weighted by molar-refractivity contribution is 5.68. The minimum Gasteiger partial charge on any atom is -0.481 e. The van der Waals surface area contributed by atoms with Gasteiger partial charge in [0.25, 0.3) is 0 Å². The standard InChI is InChI=1S/C34H40N4O4/c1-7-21-19(5)31-32-20(6)22(8-2)28(38-32)14-12-26-18(4)24(10-16-30(41)42)34(36-26)33-23(9-15-29(39)40)17(3)25(35-33)11-13-27(21)37-31/h11-14,35-38H,7-10,15-16H2,1-6H3,(H,39,40)(H,41,42)/b13-11?,14-12?,25-11-,26-12-,27-13-,28-14-,32-31-,34-33-. The van der Waals surface area contributed by atoms with Gasteiger partial charge in [0.1, 0.15) is 0 Å². The van der Waals surface area contributed by atoms with E-state index in [-0.39, 0.29) is 12.8 Å². The maximum Gasteiger partial charge on any atom is 0.303 e. The first-order valence-corrected chi connectivity index (χ1v) is 14.7. The van der Waals surface area contributed by atoms with Crippen LogP contribution in [0.5, 0.6) is 0 Å². The Hall–Kier alpha value is -4.46. The number of hydrogen-bond acceptors (Lipinski definition) is 2. The zero-order valence-electron chi connectivity index (χ0n) is 25.3. The van der Waals surface area contributed by atoms with Crippen molar-refractivity contribution in [1.82, 2.24) is 19.9 Å². The highest BCUT2D eigenvalue weighted by Gasteiger charge is 2.15. The summed E-state index contributed by atoms with van der Waals surface area (Å²) >= 11 is 0. The van der Waals surface area contributed by atoms with E-state index in [4.69, 9.17) is 0 Å². The fraction of sp³-hybridized carbons (Fsp3) is 0.353. The number of fused-ring (bicyclic) bond motifs is 8. The van der Waals surface area contributed by atoms with Crippen molar-refractivity contribution in [3.63, 3.8) is 0 Å². The van der Waals surface area contributed by atoms with Crippen LogP contribution in [0.1, 0.15) is 71.2 Å².